The van der Waals surface area contributed by atoms with Crippen LogP contribution >= 0.6 is 0 Å². The normalized spacial score (nSPS) is 21.3. The Hall–Kier alpha value is -2.61. The fourth-order valence-electron chi connectivity index (χ4n) is 3.04. The van der Waals surface area contributed by atoms with Crippen molar-refractivity contribution in [3.05, 3.63) is 29.8 Å². The molecule has 1 aliphatic rings. The van der Waals surface area contributed by atoms with Crippen LogP contribution in [0.5, 0.6) is 5.75 Å². The van der Waals surface area contributed by atoms with Crippen molar-refractivity contribution in [2.75, 3.05) is 13.2 Å². The van der Waals surface area contributed by atoms with E-state index >= 15 is 0 Å². The first-order valence-corrected chi connectivity index (χ1v) is 9.04. The highest BCUT2D eigenvalue weighted by atomic mass is 16.6. The number of phenolic OH excluding ortho intramolecular Hbond substituents is 1. The number of carbonyl (C=O) groups is 3. The fraction of sp³-hybridized carbons (Fsp3) is 0.550. The van der Waals surface area contributed by atoms with Crippen LogP contribution in [0.1, 0.15) is 51.9 Å². The van der Waals surface area contributed by atoms with Crippen LogP contribution in [0.4, 0.5) is 4.79 Å². The average molecular weight is 392 g/mol. The highest BCUT2D eigenvalue weighted by molar-refractivity contribution is 6.00. The summed E-state index contributed by atoms with van der Waals surface area (Å²) in [6.45, 7) is 9.87. The lowest BCUT2D eigenvalue weighted by atomic mass is 9.99. The van der Waals surface area contributed by atoms with Gasteiger partial charge in [-0.3, -0.25) is 14.5 Å². The van der Waals surface area contributed by atoms with Crippen LogP contribution in [-0.4, -0.2) is 57.8 Å². The van der Waals surface area contributed by atoms with E-state index in [9.17, 15) is 19.5 Å². The molecule has 2 amide bonds. The third-order valence-electron chi connectivity index (χ3n) is 4.40. The predicted octanol–water partition coefficient (Wildman–Crippen LogP) is 2.45. The molecule has 0 bridgehead atoms. The van der Waals surface area contributed by atoms with Gasteiger partial charge in [-0.15, -0.1) is 0 Å². The standard InChI is InChI=1S/C20H28N2O6/c1-18(2,3)28-17(26)22-19(4,5)27-12-20(22,6)16(25)21-11-15(24)13-7-9-14(23)10-8-13/h7-10,23H,11-12H2,1-6H3,(H,21,25). The minimum Gasteiger partial charge on any atom is -0.508 e. The zero-order chi connectivity index (χ0) is 21.3. The summed E-state index contributed by atoms with van der Waals surface area (Å²) in [4.78, 5) is 39.2. The molecule has 8 heteroatoms. The molecule has 1 unspecified atom stereocenters. The lowest BCUT2D eigenvalue weighted by Gasteiger charge is -2.39. The molecule has 1 aromatic carbocycles. The maximum absolute atomic E-state index is 12.9. The van der Waals surface area contributed by atoms with E-state index in [4.69, 9.17) is 9.47 Å². The number of hydrogen-bond acceptors (Lipinski definition) is 6. The van der Waals surface area contributed by atoms with Crippen molar-refractivity contribution in [3.63, 3.8) is 0 Å². The van der Waals surface area contributed by atoms with Crippen molar-refractivity contribution in [2.24, 2.45) is 0 Å². The molecule has 1 aromatic rings. The summed E-state index contributed by atoms with van der Waals surface area (Å²) in [5.74, 6) is -0.790. The third-order valence-corrected chi connectivity index (χ3v) is 4.40. The highest BCUT2D eigenvalue weighted by Gasteiger charge is 2.57. The molecule has 28 heavy (non-hydrogen) atoms. The first-order chi connectivity index (χ1) is 12.8. The maximum atomic E-state index is 12.9. The number of phenols is 1. The van der Waals surface area contributed by atoms with E-state index in [1.165, 1.54) is 29.2 Å². The molecular weight excluding hydrogens is 364 g/mol. The van der Waals surface area contributed by atoms with Crippen LogP contribution < -0.4 is 5.32 Å². The van der Waals surface area contributed by atoms with Crippen LogP contribution in [0.2, 0.25) is 0 Å². The number of rotatable bonds is 4. The molecule has 1 aliphatic heterocycles. The first kappa shape index (κ1) is 21.7. The molecule has 0 saturated carbocycles. The molecule has 1 atom stereocenters. The smallest absolute Gasteiger partial charge is 0.413 e. The zero-order valence-electron chi connectivity index (χ0n) is 17.2. The topological polar surface area (TPSA) is 105 Å². The molecule has 2 N–H and O–H groups in total. The Morgan fingerprint density at radius 1 is 1.18 bits per heavy atom. The Kier molecular flexibility index (Phi) is 5.75. The van der Waals surface area contributed by atoms with Gasteiger partial charge in [-0.25, -0.2) is 4.79 Å². The summed E-state index contributed by atoms with van der Waals surface area (Å²) in [6.07, 6.45) is -0.669. The summed E-state index contributed by atoms with van der Waals surface area (Å²) >= 11 is 0. The number of hydrogen-bond donors (Lipinski definition) is 2. The second kappa shape index (κ2) is 7.43. The van der Waals surface area contributed by atoms with Crippen molar-refractivity contribution in [3.8, 4) is 5.75 Å². The van der Waals surface area contributed by atoms with Crippen molar-refractivity contribution < 1.29 is 29.0 Å². The molecule has 2 rings (SSSR count). The number of Topliss-reactive ketones (excluding diaryl/α,β-unsaturated/α-hetero) is 1. The van der Waals surface area contributed by atoms with Gasteiger partial charge < -0.3 is 19.9 Å². The summed E-state index contributed by atoms with van der Waals surface area (Å²) in [5.41, 5.74) is -2.76. The Bertz CT molecular complexity index is 766. The van der Waals surface area contributed by atoms with E-state index in [2.05, 4.69) is 5.32 Å². The van der Waals surface area contributed by atoms with E-state index < -0.39 is 28.9 Å². The molecule has 1 heterocycles. The Labute approximate surface area is 164 Å². The Morgan fingerprint density at radius 2 is 1.75 bits per heavy atom. The summed E-state index contributed by atoms with van der Waals surface area (Å²) < 4.78 is 11.1. The van der Waals surface area contributed by atoms with E-state index in [1.54, 1.807) is 41.5 Å². The molecule has 0 aliphatic carbocycles. The highest BCUT2D eigenvalue weighted by Crippen LogP contribution is 2.36. The van der Waals surface area contributed by atoms with Gasteiger partial charge in [0.05, 0.1) is 13.2 Å². The van der Waals surface area contributed by atoms with Gasteiger partial charge in [0.1, 0.15) is 22.6 Å². The minimum absolute atomic E-state index is 0.0293. The number of benzene rings is 1. The van der Waals surface area contributed by atoms with Crippen LogP contribution in [0.3, 0.4) is 0 Å². The van der Waals surface area contributed by atoms with E-state index in [0.717, 1.165) is 0 Å². The summed E-state index contributed by atoms with van der Waals surface area (Å²) in [6, 6.07) is 5.74. The second-order valence-corrected chi connectivity index (χ2v) is 8.48. The number of nitrogens with one attached hydrogen (secondary N) is 1. The predicted molar refractivity (Wildman–Crippen MR) is 102 cm³/mol. The van der Waals surface area contributed by atoms with Gasteiger partial charge in [0.2, 0.25) is 5.91 Å². The number of ketones is 1. The molecule has 8 nitrogen and oxygen atoms in total. The van der Waals surface area contributed by atoms with Gasteiger partial charge in [-0.2, -0.15) is 0 Å². The van der Waals surface area contributed by atoms with Gasteiger partial charge in [0.25, 0.3) is 0 Å². The van der Waals surface area contributed by atoms with E-state index in [0.29, 0.717) is 5.56 Å². The quantitative estimate of drug-likeness (QED) is 0.763. The summed E-state index contributed by atoms with van der Waals surface area (Å²) in [5, 5.41) is 11.9. The molecule has 0 spiro atoms. The minimum atomic E-state index is -1.33. The van der Waals surface area contributed by atoms with Crippen LogP contribution in [-0.2, 0) is 14.3 Å². The number of aromatic hydroxyl groups is 1. The number of nitrogens with zero attached hydrogens (tertiary/aromatic N) is 1. The van der Waals surface area contributed by atoms with Crippen molar-refractivity contribution in [1.82, 2.24) is 10.2 Å². The Balaban J connectivity index is 2.13. The molecule has 154 valence electrons. The fourth-order valence-corrected chi connectivity index (χ4v) is 3.04. The molecule has 0 radical (unpaired) electrons. The number of amides is 2. The average Bonchev–Trinajstić information content (AvgIpc) is 2.82. The van der Waals surface area contributed by atoms with Crippen LogP contribution in [0, 0.1) is 0 Å². The third kappa shape index (κ3) is 4.62. The van der Waals surface area contributed by atoms with Crippen molar-refractivity contribution in [1.29, 1.82) is 0 Å². The summed E-state index contributed by atoms with van der Waals surface area (Å²) in [7, 11) is 0. The molecule has 0 aromatic heterocycles. The van der Waals surface area contributed by atoms with Crippen molar-refractivity contribution in [2.45, 2.75) is 58.4 Å². The number of carbonyl (C=O) groups excluding carboxylic acids is 3. The van der Waals surface area contributed by atoms with Crippen LogP contribution in [0.25, 0.3) is 0 Å². The van der Waals surface area contributed by atoms with Gasteiger partial charge >= 0.3 is 6.09 Å². The monoisotopic (exact) mass is 392 g/mol. The number of ether oxygens (including phenoxy) is 2. The zero-order valence-corrected chi connectivity index (χ0v) is 17.2. The van der Waals surface area contributed by atoms with Gasteiger partial charge in [0.15, 0.2) is 5.78 Å². The van der Waals surface area contributed by atoms with Crippen LogP contribution in [0.15, 0.2) is 24.3 Å². The van der Waals surface area contributed by atoms with Gasteiger partial charge in [0, 0.05) is 5.56 Å². The largest absolute Gasteiger partial charge is 0.508 e. The first-order valence-electron chi connectivity index (χ1n) is 9.04. The Morgan fingerprint density at radius 3 is 2.29 bits per heavy atom. The SMILES string of the molecule is CC(C)(C)OC(=O)N1C(C)(C)OCC1(C)C(=O)NCC(=O)c1ccc(O)cc1. The van der Waals surface area contributed by atoms with Gasteiger partial charge in [-0.05, 0) is 65.8 Å². The van der Waals surface area contributed by atoms with E-state index in [1.807, 2.05) is 0 Å². The molecular formula is C20H28N2O6. The molecule has 1 saturated heterocycles. The molecule has 1 fully saturated rings. The lowest BCUT2D eigenvalue weighted by molar-refractivity contribution is -0.132. The maximum Gasteiger partial charge on any atom is 0.413 e. The van der Waals surface area contributed by atoms with Crippen molar-refractivity contribution >= 4 is 17.8 Å². The lowest BCUT2D eigenvalue weighted by Crippen LogP contribution is -2.62. The second-order valence-electron chi connectivity index (χ2n) is 8.48. The van der Waals surface area contributed by atoms with Gasteiger partial charge in [-0.1, -0.05) is 0 Å². The van der Waals surface area contributed by atoms with E-state index in [-0.39, 0.29) is 24.7 Å².